The first-order chi connectivity index (χ1) is 18.3. The van der Waals surface area contributed by atoms with E-state index in [1.807, 2.05) is 47.6 Å². The van der Waals surface area contributed by atoms with Crippen LogP contribution in [0.1, 0.15) is 50.2 Å². The van der Waals surface area contributed by atoms with E-state index < -0.39 is 0 Å². The van der Waals surface area contributed by atoms with Crippen molar-refractivity contribution in [3.8, 4) is 23.0 Å². The van der Waals surface area contributed by atoms with Crippen LogP contribution in [0.4, 0.5) is 0 Å². The van der Waals surface area contributed by atoms with Gasteiger partial charge in [0.25, 0.3) is 0 Å². The normalized spacial score (nSPS) is 18.6. The Morgan fingerprint density at radius 3 is 1.87 bits per heavy atom. The lowest BCUT2D eigenvalue weighted by atomic mass is 9.64. The molecule has 1 aliphatic heterocycles. The van der Waals surface area contributed by atoms with Gasteiger partial charge in [-0.15, -0.1) is 23.5 Å². The molecule has 2 aliphatic rings. The summed E-state index contributed by atoms with van der Waals surface area (Å²) in [7, 11) is 8.61. The number of likely N-dealkylation sites (N-methyl/N-ethyl adjacent to an activating group) is 1. The summed E-state index contributed by atoms with van der Waals surface area (Å²) in [6.07, 6.45) is 4.97. The number of thioether (sulfide) groups is 2. The number of ether oxygens (including phenoxy) is 4. The molecule has 0 aromatic heterocycles. The molecule has 0 radical (unpaired) electrons. The Balaban J connectivity index is 1.52. The summed E-state index contributed by atoms with van der Waals surface area (Å²) >= 11 is 3.92. The van der Waals surface area contributed by atoms with E-state index in [4.69, 9.17) is 18.9 Å². The number of hydrogen-bond donors (Lipinski definition) is 0. The number of nitrogens with zero attached hydrogens (tertiary/aromatic N) is 1. The third-order valence-electron chi connectivity index (χ3n) is 8.11. The fraction of sp³-hybridized carbons (Fsp3) is 0.567. The van der Waals surface area contributed by atoms with Crippen LogP contribution in [-0.4, -0.2) is 64.3 Å². The summed E-state index contributed by atoms with van der Waals surface area (Å²) in [5.74, 6) is 5.42. The van der Waals surface area contributed by atoms with Crippen LogP contribution >= 0.6 is 23.5 Å². The average molecular weight is 560 g/mol. The van der Waals surface area contributed by atoms with Crippen molar-refractivity contribution in [1.82, 2.24) is 4.90 Å². The molecule has 1 saturated carbocycles. The first-order valence-corrected chi connectivity index (χ1v) is 15.3. The van der Waals surface area contributed by atoms with Gasteiger partial charge in [-0.3, -0.25) is 4.79 Å². The summed E-state index contributed by atoms with van der Waals surface area (Å²) in [5, 5.41) is 0. The van der Waals surface area contributed by atoms with Crippen molar-refractivity contribution >= 4 is 29.4 Å². The smallest absolute Gasteiger partial charge is 0.222 e. The minimum atomic E-state index is -0.203. The van der Waals surface area contributed by atoms with E-state index in [1.165, 1.54) is 24.0 Å². The number of carbonyl (C=O) groups excluding carboxylic acids is 1. The number of carbonyl (C=O) groups is 1. The van der Waals surface area contributed by atoms with Gasteiger partial charge < -0.3 is 23.8 Å². The molecule has 1 saturated heterocycles. The highest BCUT2D eigenvalue weighted by Gasteiger charge is 2.44. The van der Waals surface area contributed by atoms with Crippen molar-refractivity contribution in [3.63, 3.8) is 0 Å². The van der Waals surface area contributed by atoms with Gasteiger partial charge in [-0.2, -0.15) is 0 Å². The lowest BCUT2D eigenvalue weighted by Gasteiger charge is -2.46. The Morgan fingerprint density at radius 2 is 1.37 bits per heavy atom. The van der Waals surface area contributed by atoms with Crippen molar-refractivity contribution in [3.05, 3.63) is 47.5 Å². The van der Waals surface area contributed by atoms with Crippen LogP contribution in [0.3, 0.4) is 0 Å². The largest absolute Gasteiger partial charge is 0.493 e. The predicted octanol–water partition coefficient (Wildman–Crippen LogP) is 6.35. The van der Waals surface area contributed by atoms with Crippen LogP contribution < -0.4 is 18.9 Å². The van der Waals surface area contributed by atoms with E-state index in [0.29, 0.717) is 13.0 Å². The molecule has 0 spiro atoms. The quantitative estimate of drug-likeness (QED) is 0.318. The molecule has 1 atom stereocenters. The third-order valence-corrected chi connectivity index (χ3v) is 11.9. The molecule has 0 unspecified atom stereocenters. The van der Waals surface area contributed by atoms with Crippen molar-refractivity contribution in [2.45, 2.75) is 48.5 Å². The van der Waals surface area contributed by atoms with Crippen LogP contribution in [0.5, 0.6) is 23.0 Å². The topological polar surface area (TPSA) is 57.2 Å². The maximum absolute atomic E-state index is 13.7. The van der Waals surface area contributed by atoms with Crippen LogP contribution in [0, 0.1) is 5.92 Å². The Hall–Kier alpha value is -2.19. The second kappa shape index (κ2) is 12.3. The molecule has 38 heavy (non-hydrogen) atoms. The van der Waals surface area contributed by atoms with Gasteiger partial charge in [-0.25, -0.2) is 0 Å². The first-order valence-electron chi connectivity index (χ1n) is 13.3. The van der Waals surface area contributed by atoms with Gasteiger partial charge in [0, 0.05) is 25.4 Å². The van der Waals surface area contributed by atoms with Crippen molar-refractivity contribution in [1.29, 1.82) is 0 Å². The summed E-state index contributed by atoms with van der Waals surface area (Å²) in [4.78, 5) is 15.6. The Morgan fingerprint density at radius 1 is 0.842 bits per heavy atom. The first kappa shape index (κ1) is 28.8. The van der Waals surface area contributed by atoms with Gasteiger partial charge in [-0.05, 0) is 72.1 Å². The molecule has 0 bridgehead atoms. The third kappa shape index (κ3) is 5.57. The van der Waals surface area contributed by atoms with E-state index >= 15 is 0 Å². The van der Waals surface area contributed by atoms with Crippen molar-refractivity contribution in [2.24, 2.45) is 5.92 Å². The van der Waals surface area contributed by atoms with E-state index in [0.717, 1.165) is 47.3 Å². The number of benzene rings is 2. The van der Waals surface area contributed by atoms with Gasteiger partial charge >= 0.3 is 0 Å². The summed E-state index contributed by atoms with van der Waals surface area (Å²) in [5.41, 5.74) is 2.37. The SMILES string of the molecule is COc1ccc(C2(CN(C)C(=O)C[C@H](C)C3(c4ccc(OC)c(OC)c4)SCCCS3)CCC2)cc1OC. The summed E-state index contributed by atoms with van der Waals surface area (Å²) in [6, 6.07) is 12.4. The van der Waals surface area contributed by atoms with Crippen LogP contribution in [-0.2, 0) is 14.3 Å². The van der Waals surface area contributed by atoms with Crippen LogP contribution in [0.2, 0.25) is 0 Å². The fourth-order valence-electron chi connectivity index (χ4n) is 5.74. The molecule has 2 aromatic carbocycles. The highest BCUT2D eigenvalue weighted by molar-refractivity contribution is 8.18. The van der Waals surface area contributed by atoms with Gasteiger partial charge in [-0.1, -0.05) is 25.5 Å². The van der Waals surface area contributed by atoms with Gasteiger partial charge in [0.05, 0.1) is 32.5 Å². The van der Waals surface area contributed by atoms with E-state index in [9.17, 15) is 4.79 Å². The van der Waals surface area contributed by atoms with E-state index in [1.54, 1.807) is 28.4 Å². The summed E-state index contributed by atoms with van der Waals surface area (Å²) < 4.78 is 21.9. The minimum absolute atomic E-state index is 0.0391. The number of rotatable bonds is 11. The molecule has 2 aromatic rings. The Bertz CT molecular complexity index is 1110. The average Bonchev–Trinajstić information content (AvgIpc) is 2.94. The lowest BCUT2D eigenvalue weighted by molar-refractivity contribution is -0.132. The molecule has 2 fully saturated rings. The molecule has 4 rings (SSSR count). The number of amides is 1. The van der Waals surface area contributed by atoms with E-state index in [2.05, 4.69) is 31.2 Å². The number of methoxy groups -OCH3 is 4. The monoisotopic (exact) mass is 559 g/mol. The Kier molecular flexibility index (Phi) is 9.35. The molecule has 208 valence electrons. The zero-order chi connectivity index (χ0) is 27.3. The number of hydrogen-bond acceptors (Lipinski definition) is 7. The molecular formula is C30H41NO5S2. The zero-order valence-electron chi connectivity index (χ0n) is 23.5. The van der Waals surface area contributed by atoms with Crippen molar-refractivity contribution < 1.29 is 23.7 Å². The molecule has 8 heteroatoms. The summed E-state index contributed by atoms with van der Waals surface area (Å²) in [6.45, 7) is 2.93. The molecule has 1 aliphatic carbocycles. The lowest BCUT2D eigenvalue weighted by Crippen LogP contribution is -2.47. The molecule has 6 nitrogen and oxygen atoms in total. The maximum Gasteiger partial charge on any atom is 0.222 e. The predicted molar refractivity (Wildman–Crippen MR) is 157 cm³/mol. The Labute approximate surface area is 236 Å². The standard InChI is InChI=1S/C30H41NO5S2/c1-21(30(37-15-8-16-38-30)23-10-12-25(34-4)27(19-23)36-6)17-28(32)31(2)20-29(13-7-14-29)22-9-11-24(33-3)26(18-22)35-5/h9-12,18-19,21H,7-8,13-17,20H2,1-6H3/t21-/m0/s1. The fourth-order valence-corrected chi connectivity index (χ4v) is 9.26. The molecule has 0 N–H and O–H groups in total. The van der Waals surface area contributed by atoms with Crippen LogP contribution in [0.15, 0.2) is 36.4 Å². The molecule has 1 heterocycles. The molecule has 1 amide bonds. The van der Waals surface area contributed by atoms with Gasteiger partial charge in [0.15, 0.2) is 23.0 Å². The second-order valence-corrected chi connectivity index (χ2v) is 13.3. The van der Waals surface area contributed by atoms with Gasteiger partial charge in [0.1, 0.15) is 0 Å². The highest BCUT2D eigenvalue weighted by atomic mass is 32.2. The second-order valence-electron chi connectivity index (χ2n) is 10.3. The highest BCUT2D eigenvalue weighted by Crippen LogP contribution is 2.57. The van der Waals surface area contributed by atoms with Crippen molar-refractivity contribution in [2.75, 3.05) is 53.5 Å². The van der Waals surface area contributed by atoms with E-state index in [-0.39, 0.29) is 21.3 Å². The van der Waals surface area contributed by atoms with Gasteiger partial charge in [0.2, 0.25) is 5.91 Å². The van der Waals surface area contributed by atoms with Crippen LogP contribution in [0.25, 0.3) is 0 Å². The maximum atomic E-state index is 13.7. The minimum Gasteiger partial charge on any atom is -0.493 e. The molecular weight excluding hydrogens is 518 g/mol. The zero-order valence-corrected chi connectivity index (χ0v) is 25.1.